The summed E-state index contributed by atoms with van der Waals surface area (Å²) in [4.78, 5) is 25.3. The fourth-order valence-corrected chi connectivity index (χ4v) is 3.15. The quantitative estimate of drug-likeness (QED) is 0.806. The Hall–Kier alpha value is -2.25. The van der Waals surface area contributed by atoms with Crippen molar-refractivity contribution < 1.29 is 23.8 Å². The molecule has 0 saturated carbocycles. The van der Waals surface area contributed by atoms with Crippen LogP contribution >= 0.6 is 22.9 Å². The zero-order valence-corrected chi connectivity index (χ0v) is 15.0. The Balaban J connectivity index is 1.61. The topological polar surface area (TPSA) is 73.9 Å². The summed E-state index contributed by atoms with van der Waals surface area (Å²) in [6.45, 7) is 2.69. The minimum atomic E-state index is -0.931. The lowest BCUT2D eigenvalue weighted by Gasteiger charge is -2.20. The molecule has 1 N–H and O–H groups in total. The van der Waals surface area contributed by atoms with Crippen LogP contribution in [-0.2, 0) is 16.1 Å². The Morgan fingerprint density at radius 2 is 2.16 bits per heavy atom. The first-order valence-corrected chi connectivity index (χ1v) is 8.90. The summed E-state index contributed by atoms with van der Waals surface area (Å²) in [5.74, 6) is -0.227. The highest BCUT2D eigenvalue weighted by Crippen LogP contribution is 2.38. The molecule has 0 aliphatic carbocycles. The number of hydrogen-bond acceptors (Lipinski definition) is 6. The molecule has 0 fully saturated rings. The molecule has 1 aromatic carbocycles. The monoisotopic (exact) mass is 381 g/mol. The van der Waals surface area contributed by atoms with Gasteiger partial charge in [0, 0.05) is 4.88 Å². The molecule has 1 amide bonds. The molecule has 1 aliphatic rings. The molecule has 2 heterocycles. The Kier molecular flexibility index (Phi) is 5.45. The van der Waals surface area contributed by atoms with Crippen LogP contribution in [0.5, 0.6) is 11.5 Å². The van der Waals surface area contributed by atoms with Crippen molar-refractivity contribution in [3.8, 4) is 11.5 Å². The number of nitrogens with one attached hydrogen (secondary N) is 1. The number of ether oxygens (including phenoxy) is 3. The highest BCUT2D eigenvalue weighted by molar-refractivity contribution is 7.09. The van der Waals surface area contributed by atoms with E-state index in [-0.39, 0.29) is 16.5 Å². The van der Waals surface area contributed by atoms with E-state index in [0.29, 0.717) is 31.3 Å². The SMILES string of the molecule is C[C@H](OC(=O)c1cc(Cl)c2c(c1)OCCO2)C(=O)NCc1cccs1. The smallest absolute Gasteiger partial charge is 0.339 e. The van der Waals surface area contributed by atoms with Gasteiger partial charge in [-0.25, -0.2) is 4.79 Å². The number of amides is 1. The molecule has 0 spiro atoms. The van der Waals surface area contributed by atoms with Crippen molar-refractivity contribution in [1.82, 2.24) is 5.32 Å². The number of carbonyl (C=O) groups excluding carboxylic acids is 2. The van der Waals surface area contributed by atoms with Crippen molar-refractivity contribution >= 4 is 34.8 Å². The Labute approximate surface area is 153 Å². The van der Waals surface area contributed by atoms with Gasteiger partial charge in [-0.2, -0.15) is 0 Å². The van der Waals surface area contributed by atoms with Crippen LogP contribution in [0.1, 0.15) is 22.2 Å². The van der Waals surface area contributed by atoms with E-state index in [1.807, 2.05) is 17.5 Å². The molecule has 1 atom stereocenters. The van der Waals surface area contributed by atoms with Gasteiger partial charge in [-0.15, -0.1) is 11.3 Å². The molecular formula is C17H16ClNO5S. The summed E-state index contributed by atoms with van der Waals surface area (Å²) >= 11 is 7.65. The lowest BCUT2D eigenvalue weighted by atomic mass is 10.2. The molecule has 1 aliphatic heterocycles. The van der Waals surface area contributed by atoms with Gasteiger partial charge in [-0.3, -0.25) is 4.79 Å². The summed E-state index contributed by atoms with van der Waals surface area (Å²) in [5, 5.41) is 4.92. The number of halogens is 1. The van der Waals surface area contributed by atoms with Gasteiger partial charge in [-0.05, 0) is 30.5 Å². The molecule has 8 heteroatoms. The van der Waals surface area contributed by atoms with Crippen LogP contribution in [0.3, 0.4) is 0 Å². The number of fused-ring (bicyclic) bond motifs is 1. The van der Waals surface area contributed by atoms with E-state index in [1.54, 1.807) is 0 Å². The summed E-state index contributed by atoms with van der Waals surface area (Å²) in [7, 11) is 0. The maximum atomic E-state index is 12.3. The third kappa shape index (κ3) is 4.24. The van der Waals surface area contributed by atoms with Crippen LogP contribution in [0, 0.1) is 0 Å². The maximum Gasteiger partial charge on any atom is 0.339 e. The van der Waals surface area contributed by atoms with Crippen LogP contribution in [-0.4, -0.2) is 31.2 Å². The third-order valence-electron chi connectivity index (χ3n) is 3.50. The van der Waals surface area contributed by atoms with Gasteiger partial charge in [-0.1, -0.05) is 17.7 Å². The second kappa shape index (κ2) is 7.76. The highest BCUT2D eigenvalue weighted by atomic mass is 35.5. The molecule has 3 rings (SSSR count). The third-order valence-corrected chi connectivity index (χ3v) is 4.66. The highest BCUT2D eigenvalue weighted by Gasteiger charge is 2.23. The first-order chi connectivity index (χ1) is 12.0. The van der Waals surface area contributed by atoms with Crippen LogP contribution in [0.15, 0.2) is 29.6 Å². The van der Waals surface area contributed by atoms with Crippen molar-refractivity contribution in [2.24, 2.45) is 0 Å². The molecule has 0 radical (unpaired) electrons. The van der Waals surface area contributed by atoms with Gasteiger partial charge in [0.15, 0.2) is 17.6 Å². The molecule has 132 valence electrons. The average Bonchev–Trinajstić information content (AvgIpc) is 3.13. The molecule has 6 nitrogen and oxygen atoms in total. The van der Waals surface area contributed by atoms with Crippen molar-refractivity contribution in [2.75, 3.05) is 13.2 Å². The maximum absolute atomic E-state index is 12.3. The second-order valence-electron chi connectivity index (χ2n) is 5.33. The van der Waals surface area contributed by atoms with Crippen LogP contribution in [0.4, 0.5) is 0 Å². The van der Waals surface area contributed by atoms with E-state index in [4.69, 9.17) is 25.8 Å². The predicted molar refractivity (Wildman–Crippen MR) is 93.5 cm³/mol. The van der Waals surface area contributed by atoms with Crippen LogP contribution in [0.2, 0.25) is 5.02 Å². The minimum absolute atomic E-state index is 0.201. The average molecular weight is 382 g/mol. The summed E-state index contributed by atoms with van der Waals surface area (Å²) in [5.41, 5.74) is 0.201. The summed E-state index contributed by atoms with van der Waals surface area (Å²) in [6, 6.07) is 6.76. The lowest BCUT2D eigenvalue weighted by molar-refractivity contribution is -0.129. The second-order valence-corrected chi connectivity index (χ2v) is 6.77. The predicted octanol–water partition coefficient (Wildman–Crippen LogP) is 3.03. The van der Waals surface area contributed by atoms with E-state index in [9.17, 15) is 9.59 Å². The standard InChI is InChI=1S/C17H16ClNO5S/c1-10(16(20)19-9-12-3-2-6-25-12)24-17(21)11-7-13(18)15-14(8-11)22-4-5-23-15/h2-3,6-8,10H,4-5,9H2,1H3,(H,19,20)/t10-/m0/s1. The zero-order valence-electron chi connectivity index (χ0n) is 13.4. The molecule has 1 aromatic heterocycles. The molecule has 0 bridgehead atoms. The van der Waals surface area contributed by atoms with E-state index in [2.05, 4.69) is 5.32 Å². The van der Waals surface area contributed by atoms with Gasteiger partial charge in [0.05, 0.1) is 17.1 Å². The Morgan fingerprint density at radius 1 is 1.36 bits per heavy atom. The van der Waals surface area contributed by atoms with Crippen molar-refractivity contribution in [2.45, 2.75) is 19.6 Å². The molecule has 25 heavy (non-hydrogen) atoms. The minimum Gasteiger partial charge on any atom is -0.486 e. The van der Waals surface area contributed by atoms with Gasteiger partial charge in [0.25, 0.3) is 5.91 Å². The largest absolute Gasteiger partial charge is 0.486 e. The Morgan fingerprint density at radius 3 is 2.92 bits per heavy atom. The van der Waals surface area contributed by atoms with Gasteiger partial charge < -0.3 is 19.5 Å². The van der Waals surface area contributed by atoms with Crippen molar-refractivity contribution in [3.05, 3.63) is 45.1 Å². The van der Waals surface area contributed by atoms with E-state index < -0.39 is 12.1 Å². The van der Waals surface area contributed by atoms with E-state index in [1.165, 1.54) is 30.4 Å². The summed E-state index contributed by atoms with van der Waals surface area (Å²) in [6.07, 6.45) is -0.931. The molecule has 0 unspecified atom stereocenters. The van der Waals surface area contributed by atoms with Crippen LogP contribution < -0.4 is 14.8 Å². The fourth-order valence-electron chi connectivity index (χ4n) is 2.24. The van der Waals surface area contributed by atoms with Crippen molar-refractivity contribution in [3.63, 3.8) is 0 Å². The number of carbonyl (C=O) groups is 2. The Bertz CT molecular complexity index is 778. The normalized spacial score (nSPS) is 13.8. The number of esters is 1. The number of benzene rings is 1. The van der Waals surface area contributed by atoms with Crippen LogP contribution in [0.25, 0.3) is 0 Å². The van der Waals surface area contributed by atoms with Gasteiger partial charge >= 0.3 is 5.97 Å². The van der Waals surface area contributed by atoms with Gasteiger partial charge in [0.2, 0.25) is 0 Å². The molecular weight excluding hydrogens is 366 g/mol. The molecule has 0 saturated heterocycles. The zero-order chi connectivity index (χ0) is 17.8. The van der Waals surface area contributed by atoms with Crippen molar-refractivity contribution in [1.29, 1.82) is 0 Å². The first kappa shape index (κ1) is 17.6. The number of hydrogen-bond donors (Lipinski definition) is 1. The van der Waals surface area contributed by atoms with Gasteiger partial charge in [0.1, 0.15) is 13.2 Å². The summed E-state index contributed by atoms with van der Waals surface area (Å²) < 4.78 is 16.0. The number of rotatable bonds is 5. The molecule has 2 aromatic rings. The fraction of sp³-hybridized carbons (Fsp3) is 0.294. The lowest BCUT2D eigenvalue weighted by Crippen LogP contribution is -2.35. The first-order valence-electron chi connectivity index (χ1n) is 7.65. The number of thiophene rings is 1. The van der Waals surface area contributed by atoms with E-state index >= 15 is 0 Å². The van der Waals surface area contributed by atoms with E-state index in [0.717, 1.165) is 4.88 Å².